The highest BCUT2D eigenvalue weighted by atomic mass is 32.1. The Bertz CT molecular complexity index is 895. The van der Waals surface area contributed by atoms with Crippen molar-refractivity contribution in [2.75, 3.05) is 5.32 Å². The Labute approximate surface area is 138 Å². The lowest BCUT2D eigenvalue weighted by Crippen LogP contribution is -2.19. The summed E-state index contributed by atoms with van der Waals surface area (Å²) in [6.45, 7) is 2.45. The zero-order valence-corrected chi connectivity index (χ0v) is 13.7. The molecule has 0 aliphatic rings. The molecule has 0 radical (unpaired) electrons. The third kappa shape index (κ3) is 3.35. The van der Waals surface area contributed by atoms with Gasteiger partial charge in [0.15, 0.2) is 0 Å². The van der Waals surface area contributed by atoms with Crippen molar-refractivity contribution in [3.63, 3.8) is 0 Å². The summed E-state index contributed by atoms with van der Waals surface area (Å²) in [5, 5.41) is 2.94. The highest BCUT2D eigenvalue weighted by Crippen LogP contribution is 2.18. The molecule has 1 amide bonds. The van der Waals surface area contributed by atoms with Crippen LogP contribution in [-0.4, -0.2) is 10.5 Å². The first-order valence-electron chi connectivity index (χ1n) is 7.65. The number of nitrogens with zero attached hydrogens (tertiary/aromatic N) is 1. The van der Waals surface area contributed by atoms with E-state index in [0.29, 0.717) is 6.54 Å². The highest BCUT2D eigenvalue weighted by molar-refractivity contribution is 7.16. The van der Waals surface area contributed by atoms with Crippen LogP contribution < -0.4 is 10.2 Å². The van der Waals surface area contributed by atoms with Gasteiger partial charge in [-0.2, -0.15) is 0 Å². The molecule has 0 unspecified atom stereocenters. The van der Waals surface area contributed by atoms with Gasteiger partial charge in [0.25, 0.3) is 0 Å². The molecule has 1 heterocycles. The predicted molar refractivity (Wildman–Crippen MR) is 95.2 cm³/mol. The second kappa shape index (κ2) is 6.79. The van der Waals surface area contributed by atoms with Crippen molar-refractivity contribution in [2.45, 2.75) is 26.3 Å². The van der Waals surface area contributed by atoms with Gasteiger partial charge in [-0.05, 0) is 30.2 Å². The lowest BCUT2D eigenvalue weighted by Gasteiger charge is -2.10. The summed E-state index contributed by atoms with van der Waals surface area (Å²) < 4.78 is 2.62. The summed E-state index contributed by atoms with van der Waals surface area (Å²) in [5.41, 5.74) is 2.85. The first-order valence-corrected chi connectivity index (χ1v) is 8.47. The summed E-state index contributed by atoms with van der Waals surface area (Å²) >= 11 is 1.22. The fraction of sp³-hybridized carbons (Fsp3) is 0.222. The SMILES string of the molecule is CCc1ccccc1NC(=O)CCn1c(=O)sc2ccccc21. The van der Waals surface area contributed by atoms with Crippen LogP contribution in [0.15, 0.2) is 53.3 Å². The molecule has 0 atom stereocenters. The van der Waals surface area contributed by atoms with Crippen LogP contribution in [0.5, 0.6) is 0 Å². The minimum Gasteiger partial charge on any atom is -0.326 e. The first-order chi connectivity index (χ1) is 11.2. The van der Waals surface area contributed by atoms with Crippen molar-refractivity contribution in [2.24, 2.45) is 0 Å². The van der Waals surface area contributed by atoms with Crippen LogP contribution in [0.2, 0.25) is 0 Å². The number of nitrogens with one attached hydrogen (secondary N) is 1. The molecular formula is C18H18N2O2S. The zero-order valence-electron chi connectivity index (χ0n) is 12.9. The van der Waals surface area contributed by atoms with Gasteiger partial charge in [0, 0.05) is 18.7 Å². The number of thiazole rings is 1. The average Bonchev–Trinajstić information content (AvgIpc) is 2.88. The highest BCUT2D eigenvalue weighted by Gasteiger charge is 2.10. The molecule has 0 bridgehead atoms. The summed E-state index contributed by atoms with van der Waals surface area (Å²) in [6, 6.07) is 15.4. The van der Waals surface area contributed by atoms with E-state index in [1.54, 1.807) is 4.57 Å². The molecule has 3 rings (SSSR count). The molecule has 2 aromatic carbocycles. The van der Waals surface area contributed by atoms with Crippen LogP contribution in [0.3, 0.4) is 0 Å². The number of hydrogen-bond donors (Lipinski definition) is 1. The Kier molecular flexibility index (Phi) is 4.57. The second-order valence-electron chi connectivity index (χ2n) is 5.30. The van der Waals surface area contributed by atoms with Crippen molar-refractivity contribution in [3.8, 4) is 0 Å². The Morgan fingerprint density at radius 2 is 1.87 bits per heavy atom. The standard InChI is InChI=1S/C18H18N2O2S/c1-2-13-7-3-4-8-14(13)19-17(21)11-12-20-15-9-5-6-10-16(15)23-18(20)22/h3-10H,2,11-12H2,1H3,(H,19,21). The number of benzene rings is 2. The Morgan fingerprint density at radius 3 is 2.70 bits per heavy atom. The molecule has 0 saturated carbocycles. The minimum absolute atomic E-state index is 0.0204. The third-order valence-electron chi connectivity index (χ3n) is 3.81. The number of carbonyl (C=O) groups is 1. The lowest BCUT2D eigenvalue weighted by atomic mass is 10.1. The van der Waals surface area contributed by atoms with Gasteiger partial charge in [-0.25, -0.2) is 0 Å². The molecular weight excluding hydrogens is 308 g/mol. The Balaban J connectivity index is 1.71. The van der Waals surface area contributed by atoms with Gasteiger partial charge < -0.3 is 5.32 Å². The lowest BCUT2D eigenvalue weighted by molar-refractivity contribution is -0.116. The van der Waals surface area contributed by atoms with E-state index in [0.717, 1.165) is 27.9 Å². The van der Waals surface area contributed by atoms with Gasteiger partial charge in [-0.15, -0.1) is 0 Å². The Morgan fingerprint density at radius 1 is 1.13 bits per heavy atom. The first kappa shape index (κ1) is 15.5. The van der Waals surface area contributed by atoms with Gasteiger partial charge in [0.2, 0.25) is 5.91 Å². The topological polar surface area (TPSA) is 51.1 Å². The maximum absolute atomic E-state index is 12.2. The molecule has 1 aromatic heterocycles. The van der Waals surface area contributed by atoms with E-state index in [2.05, 4.69) is 12.2 Å². The number of anilines is 1. The Hall–Kier alpha value is -2.40. The van der Waals surface area contributed by atoms with Crippen LogP contribution in [0.25, 0.3) is 10.2 Å². The number of fused-ring (bicyclic) bond motifs is 1. The average molecular weight is 326 g/mol. The molecule has 0 aliphatic heterocycles. The number of hydrogen-bond acceptors (Lipinski definition) is 3. The van der Waals surface area contributed by atoms with Crippen LogP contribution in [0.1, 0.15) is 18.9 Å². The van der Waals surface area contributed by atoms with Crippen molar-refractivity contribution in [3.05, 3.63) is 63.8 Å². The fourth-order valence-electron chi connectivity index (χ4n) is 2.60. The van der Waals surface area contributed by atoms with Crippen LogP contribution in [0, 0.1) is 0 Å². The quantitative estimate of drug-likeness (QED) is 0.778. The van der Waals surface area contributed by atoms with Gasteiger partial charge >= 0.3 is 4.87 Å². The second-order valence-corrected chi connectivity index (χ2v) is 6.29. The number of carbonyl (C=O) groups excluding carboxylic acids is 1. The maximum atomic E-state index is 12.2. The number of rotatable bonds is 5. The van der Waals surface area contributed by atoms with Crippen molar-refractivity contribution < 1.29 is 4.79 Å². The zero-order chi connectivity index (χ0) is 16.2. The van der Waals surface area contributed by atoms with Crippen LogP contribution in [0.4, 0.5) is 5.69 Å². The summed E-state index contributed by atoms with van der Waals surface area (Å²) in [4.78, 5) is 24.2. The number of aryl methyl sites for hydroxylation is 2. The smallest absolute Gasteiger partial charge is 0.308 e. The molecule has 0 aliphatic carbocycles. The van der Waals surface area contributed by atoms with Crippen molar-refractivity contribution in [1.29, 1.82) is 0 Å². The van der Waals surface area contributed by atoms with E-state index < -0.39 is 0 Å². The van der Waals surface area contributed by atoms with E-state index in [1.165, 1.54) is 11.3 Å². The van der Waals surface area contributed by atoms with Gasteiger partial charge in [0.05, 0.1) is 10.2 Å². The minimum atomic E-state index is -0.0759. The van der Waals surface area contributed by atoms with Gasteiger partial charge in [-0.1, -0.05) is 48.6 Å². The molecule has 118 valence electrons. The molecule has 0 spiro atoms. The van der Waals surface area contributed by atoms with Gasteiger partial charge in [0.1, 0.15) is 0 Å². The summed E-state index contributed by atoms with van der Waals surface area (Å²) in [7, 11) is 0. The molecule has 5 heteroatoms. The van der Waals surface area contributed by atoms with Crippen LogP contribution in [-0.2, 0) is 17.8 Å². The molecule has 4 nitrogen and oxygen atoms in total. The van der Waals surface area contributed by atoms with E-state index in [4.69, 9.17) is 0 Å². The monoisotopic (exact) mass is 326 g/mol. The van der Waals surface area contributed by atoms with Crippen molar-refractivity contribution >= 4 is 33.1 Å². The van der Waals surface area contributed by atoms with Crippen LogP contribution >= 0.6 is 11.3 Å². The number of aromatic nitrogens is 1. The number of para-hydroxylation sites is 2. The molecule has 0 saturated heterocycles. The molecule has 3 aromatic rings. The van der Waals surface area contributed by atoms with E-state index >= 15 is 0 Å². The largest absolute Gasteiger partial charge is 0.326 e. The number of amides is 1. The third-order valence-corrected chi connectivity index (χ3v) is 4.77. The molecule has 23 heavy (non-hydrogen) atoms. The van der Waals surface area contributed by atoms with E-state index in [1.807, 2.05) is 48.5 Å². The van der Waals surface area contributed by atoms with E-state index in [-0.39, 0.29) is 17.2 Å². The normalized spacial score (nSPS) is 10.8. The molecule has 0 fully saturated rings. The van der Waals surface area contributed by atoms with E-state index in [9.17, 15) is 9.59 Å². The fourth-order valence-corrected chi connectivity index (χ4v) is 3.52. The predicted octanol–water partition coefficient (Wildman–Crippen LogP) is 3.65. The molecule has 1 N–H and O–H groups in total. The van der Waals surface area contributed by atoms with Gasteiger partial charge in [-0.3, -0.25) is 14.2 Å². The van der Waals surface area contributed by atoms with Crippen molar-refractivity contribution in [1.82, 2.24) is 4.57 Å². The summed E-state index contributed by atoms with van der Waals surface area (Å²) in [5.74, 6) is -0.0759. The summed E-state index contributed by atoms with van der Waals surface area (Å²) in [6.07, 6.45) is 1.14. The maximum Gasteiger partial charge on any atom is 0.308 e.